The Morgan fingerprint density at radius 1 is 1.25 bits per heavy atom. The van der Waals surface area contributed by atoms with Crippen LogP contribution < -0.4 is 0 Å². The number of aryl methyl sites for hydroxylation is 1. The van der Waals surface area contributed by atoms with Gasteiger partial charge in [0.05, 0.1) is 38.3 Å². The molecular weight excluding hydrogens is 260 g/mol. The van der Waals surface area contributed by atoms with E-state index in [9.17, 15) is 4.79 Å². The van der Waals surface area contributed by atoms with Crippen molar-refractivity contribution in [1.82, 2.24) is 9.78 Å². The number of carbonyl (C=O) groups is 1. The van der Waals surface area contributed by atoms with Crippen LogP contribution in [0.2, 0.25) is 0 Å². The lowest BCUT2D eigenvalue weighted by molar-refractivity contribution is 0.0361. The van der Waals surface area contributed by atoms with Crippen molar-refractivity contribution in [2.75, 3.05) is 26.4 Å². The molecule has 1 aromatic rings. The van der Waals surface area contributed by atoms with Crippen LogP contribution >= 0.6 is 0 Å². The summed E-state index contributed by atoms with van der Waals surface area (Å²) in [6.07, 6.45) is 3.70. The molecule has 6 heteroatoms. The average Bonchev–Trinajstić information content (AvgIpc) is 2.79. The molecule has 0 aromatic carbocycles. The maximum absolute atomic E-state index is 11.7. The molecule has 0 bridgehead atoms. The first kappa shape index (κ1) is 16.7. The summed E-state index contributed by atoms with van der Waals surface area (Å²) in [5, 5.41) is 4.06. The number of hydrogen-bond acceptors (Lipinski definition) is 5. The molecule has 0 aliphatic rings. The Kier molecular flexibility index (Phi) is 7.91. The van der Waals surface area contributed by atoms with Crippen LogP contribution in [-0.2, 0) is 27.9 Å². The monoisotopic (exact) mass is 284 g/mol. The van der Waals surface area contributed by atoms with Gasteiger partial charge in [0.15, 0.2) is 0 Å². The Balaban J connectivity index is 2.36. The number of hydrogen-bond donors (Lipinski definition) is 0. The van der Waals surface area contributed by atoms with Crippen LogP contribution in [0.3, 0.4) is 0 Å². The summed E-state index contributed by atoms with van der Waals surface area (Å²) in [5.41, 5.74) is 1.18. The van der Waals surface area contributed by atoms with Gasteiger partial charge in [0.2, 0.25) is 0 Å². The second kappa shape index (κ2) is 9.50. The van der Waals surface area contributed by atoms with E-state index in [0.29, 0.717) is 32.0 Å². The van der Waals surface area contributed by atoms with Crippen molar-refractivity contribution < 1.29 is 19.0 Å². The largest absolute Gasteiger partial charge is 0.462 e. The highest BCUT2D eigenvalue weighted by molar-refractivity contribution is 5.90. The molecule has 114 valence electrons. The van der Waals surface area contributed by atoms with Gasteiger partial charge in [0.25, 0.3) is 0 Å². The zero-order valence-corrected chi connectivity index (χ0v) is 12.6. The van der Waals surface area contributed by atoms with Crippen molar-refractivity contribution in [3.8, 4) is 0 Å². The van der Waals surface area contributed by atoms with E-state index in [0.717, 1.165) is 25.1 Å². The predicted octanol–water partition coefficient (Wildman–Crippen LogP) is 1.93. The molecule has 1 rings (SSSR count). The van der Waals surface area contributed by atoms with E-state index in [1.165, 1.54) is 6.20 Å². The Labute approximate surface area is 120 Å². The summed E-state index contributed by atoms with van der Waals surface area (Å²) >= 11 is 0. The first-order chi connectivity index (χ1) is 9.70. The molecule has 0 aliphatic heterocycles. The van der Waals surface area contributed by atoms with Crippen molar-refractivity contribution >= 4 is 5.97 Å². The van der Waals surface area contributed by atoms with Crippen LogP contribution in [0.15, 0.2) is 6.20 Å². The number of rotatable bonds is 10. The molecule has 6 nitrogen and oxygen atoms in total. The molecule has 0 atom stereocenters. The fraction of sp³-hybridized carbons (Fsp3) is 0.714. The van der Waals surface area contributed by atoms with Crippen LogP contribution in [-0.4, -0.2) is 42.2 Å². The van der Waals surface area contributed by atoms with E-state index in [-0.39, 0.29) is 5.97 Å². The van der Waals surface area contributed by atoms with Gasteiger partial charge in [-0.1, -0.05) is 13.3 Å². The normalized spacial score (nSPS) is 10.8. The number of unbranched alkanes of at least 4 members (excludes halogenated alkanes) is 1. The average molecular weight is 284 g/mol. The minimum absolute atomic E-state index is 0.321. The summed E-state index contributed by atoms with van der Waals surface area (Å²) in [5.74, 6) is -0.363. The fourth-order valence-corrected chi connectivity index (χ4v) is 1.65. The highest BCUT2D eigenvalue weighted by atomic mass is 16.5. The van der Waals surface area contributed by atoms with E-state index < -0.39 is 0 Å². The smallest absolute Gasteiger partial charge is 0.341 e. The third-order valence-electron chi connectivity index (χ3n) is 2.81. The summed E-state index contributed by atoms with van der Waals surface area (Å²) < 4.78 is 17.5. The highest BCUT2D eigenvalue weighted by Gasteiger charge is 2.16. The lowest BCUT2D eigenvalue weighted by Gasteiger charge is -2.08. The summed E-state index contributed by atoms with van der Waals surface area (Å²) in [6, 6.07) is 0. The second-order valence-corrected chi connectivity index (χ2v) is 4.37. The third-order valence-corrected chi connectivity index (χ3v) is 2.81. The van der Waals surface area contributed by atoms with Crippen LogP contribution in [0.5, 0.6) is 0 Å². The minimum Gasteiger partial charge on any atom is -0.462 e. The fourth-order valence-electron chi connectivity index (χ4n) is 1.65. The molecule has 1 heterocycles. The number of esters is 1. The minimum atomic E-state index is -0.363. The molecule has 0 saturated heterocycles. The number of carbonyl (C=O) groups excluding carboxylic acids is 1. The molecule has 20 heavy (non-hydrogen) atoms. The van der Waals surface area contributed by atoms with E-state index in [1.807, 2.05) is 0 Å². The van der Waals surface area contributed by atoms with Gasteiger partial charge in [0.1, 0.15) is 5.56 Å². The van der Waals surface area contributed by atoms with Crippen LogP contribution in [0, 0.1) is 0 Å². The van der Waals surface area contributed by atoms with Gasteiger partial charge in [-0.2, -0.15) is 5.10 Å². The zero-order valence-electron chi connectivity index (χ0n) is 12.6. The summed E-state index contributed by atoms with van der Waals surface area (Å²) in [4.78, 5) is 11.7. The predicted molar refractivity (Wildman–Crippen MR) is 74.5 cm³/mol. The molecule has 0 unspecified atom stereocenters. The highest BCUT2D eigenvalue weighted by Crippen LogP contribution is 2.10. The quantitative estimate of drug-likeness (QED) is 0.485. The van der Waals surface area contributed by atoms with Crippen molar-refractivity contribution in [3.63, 3.8) is 0 Å². The molecule has 0 spiro atoms. The number of nitrogens with zero attached hydrogens (tertiary/aromatic N) is 2. The Morgan fingerprint density at radius 2 is 2.00 bits per heavy atom. The molecule has 0 fully saturated rings. The standard InChI is InChI=1S/C14H24N2O4/c1-4-6-7-18-8-9-19-11-13-12(10-15-16(13)3)14(17)20-5-2/h10H,4-9,11H2,1-3H3. The van der Waals surface area contributed by atoms with Crippen LogP contribution in [0.1, 0.15) is 42.7 Å². The molecule has 0 amide bonds. The SMILES string of the molecule is CCCCOCCOCc1c(C(=O)OCC)cnn1C. The number of ether oxygens (including phenoxy) is 3. The maximum Gasteiger partial charge on any atom is 0.341 e. The Hall–Kier alpha value is -1.40. The molecule has 0 saturated carbocycles. The lowest BCUT2D eigenvalue weighted by atomic mass is 10.2. The summed E-state index contributed by atoms with van der Waals surface area (Å²) in [6.45, 7) is 6.39. The first-order valence-electron chi connectivity index (χ1n) is 7.04. The van der Waals surface area contributed by atoms with Crippen molar-refractivity contribution in [2.24, 2.45) is 7.05 Å². The van der Waals surface area contributed by atoms with E-state index in [1.54, 1.807) is 18.7 Å². The van der Waals surface area contributed by atoms with Crippen molar-refractivity contribution in [1.29, 1.82) is 0 Å². The van der Waals surface area contributed by atoms with Crippen molar-refractivity contribution in [2.45, 2.75) is 33.3 Å². The first-order valence-corrected chi connectivity index (χ1v) is 7.04. The van der Waals surface area contributed by atoms with Gasteiger partial charge in [0, 0.05) is 13.7 Å². The maximum atomic E-state index is 11.7. The molecule has 1 aromatic heterocycles. The van der Waals surface area contributed by atoms with Gasteiger partial charge in [-0.25, -0.2) is 4.79 Å². The van der Waals surface area contributed by atoms with Crippen molar-refractivity contribution in [3.05, 3.63) is 17.5 Å². The topological polar surface area (TPSA) is 62.6 Å². The number of aromatic nitrogens is 2. The Bertz CT molecular complexity index is 404. The Morgan fingerprint density at radius 3 is 2.70 bits per heavy atom. The van der Waals surface area contributed by atoms with Gasteiger partial charge >= 0.3 is 5.97 Å². The third kappa shape index (κ3) is 5.30. The summed E-state index contributed by atoms with van der Waals surface area (Å²) in [7, 11) is 1.78. The van der Waals surface area contributed by atoms with E-state index in [2.05, 4.69) is 12.0 Å². The van der Waals surface area contributed by atoms with Gasteiger partial charge in [-0.05, 0) is 13.3 Å². The zero-order chi connectivity index (χ0) is 14.8. The van der Waals surface area contributed by atoms with Crippen LogP contribution in [0.4, 0.5) is 0 Å². The van der Waals surface area contributed by atoms with Crippen LogP contribution in [0.25, 0.3) is 0 Å². The van der Waals surface area contributed by atoms with Gasteiger partial charge < -0.3 is 14.2 Å². The molecular formula is C14H24N2O4. The van der Waals surface area contributed by atoms with Gasteiger partial charge in [-0.15, -0.1) is 0 Å². The second-order valence-electron chi connectivity index (χ2n) is 4.37. The molecule has 0 aliphatic carbocycles. The van der Waals surface area contributed by atoms with Gasteiger partial charge in [-0.3, -0.25) is 4.68 Å². The van der Waals surface area contributed by atoms with E-state index >= 15 is 0 Å². The van der Waals surface area contributed by atoms with E-state index in [4.69, 9.17) is 14.2 Å². The molecule has 0 N–H and O–H groups in total. The lowest BCUT2D eigenvalue weighted by Crippen LogP contribution is -2.12. The molecule has 0 radical (unpaired) electrons.